The lowest BCUT2D eigenvalue weighted by Gasteiger charge is -2.17. The molecule has 5 rings (SSSR count). The molecule has 182 valence electrons. The van der Waals surface area contributed by atoms with Crippen LogP contribution in [0.4, 0.5) is 27.9 Å². The zero-order chi connectivity index (χ0) is 25.6. The fourth-order valence-electron chi connectivity index (χ4n) is 3.67. The minimum absolute atomic E-state index is 0.124. The van der Waals surface area contributed by atoms with E-state index in [1.165, 1.54) is 28.9 Å². The Morgan fingerprint density at radius 2 is 1.67 bits per heavy atom. The highest BCUT2D eigenvalue weighted by Gasteiger charge is 2.22. The van der Waals surface area contributed by atoms with Gasteiger partial charge in [0, 0.05) is 22.5 Å². The Morgan fingerprint density at radius 3 is 2.33 bits per heavy atom. The molecule has 0 bridgehead atoms. The van der Waals surface area contributed by atoms with E-state index in [2.05, 4.69) is 10.4 Å². The molecule has 12 heteroatoms. The number of para-hydroxylation sites is 1. The Bertz CT molecular complexity index is 1640. The molecule has 8 nitrogen and oxygen atoms in total. The maximum absolute atomic E-state index is 12.6. The number of rotatable bonds is 5. The number of fused-ring (bicyclic) bond motifs is 1. The van der Waals surface area contributed by atoms with Crippen molar-refractivity contribution in [3.63, 3.8) is 0 Å². The summed E-state index contributed by atoms with van der Waals surface area (Å²) >= 11 is 24.9. The summed E-state index contributed by atoms with van der Waals surface area (Å²) in [5, 5.41) is 17.4. The molecule has 0 unspecified atom stereocenters. The van der Waals surface area contributed by atoms with Crippen molar-refractivity contribution >= 4 is 86.5 Å². The van der Waals surface area contributed by atoms with Gasteiger partial charge in [0.15, 0.2) is 0 Å². The van der Waals surface area contributed by atoms with Crippen LogP contribution in [0, 0.1) is 0 Å². The molecule has 1 amide bonds. The summed E-state index contributed by atoms with van der Waals surface area (Å²) in [6, 6.07) is 17.6. The van der Waals surface area contributed by atoms with Crippen LogP contribution in [0.3, 0.4) is 0 Å². The summed E-state index contributed by atoms with van der Waals surface area (Å²) in [6.45, 7) is 0. The van der Waals surface area contributed by atoms with Crippen LogP contribution in [-0.2, 0) is 0 Å². The molecule has 0 saturated heterocycles. The van der Waals surface area contributed by atoms with Gasteiger partial charge in [-0.3, -0.25) is 9.89 Å². The van der Waals surface area contributed by atoms with Crippen molar-refractivity contribution in [2.24, 2.45) is 0 Å². The molecule has 0 aliphatic carbocycles. The van der Waals surface area contributed by atoms with Crippen molar-refractivity contribution in [2.75, 3.05) is 10.2 Å². The SMILES string of the molecule is O=C(O)N(c1ccc(Nc2cc(=O)n(-c3c(Cl)cc(Cl)cc3Cl)[nH]2)c(Cl)c1)c1cc2ccccc2o1. The predicted molar refractivity (Wildman–Crippen MR) is 143 cm³/mol. The summed E-state index contributed by atoms with van der Waals surface area (Å²) in [5.41, 5.74) is 1.04. The lowest BCUT2D eigenvalue weighted by Crippen LogP contribution is -2.23. The number of carbonyl (C=O) groups is 1. The Hall–Kier alpha value is -3.56. The first-order valence-corrected chi connectivity index (χ1v) is 11.8. The molecule has 5 aromatic rings. The van der Waals surface area contributed by atoms with Crippen molar-refractivity contribution in [1.82, 2.24) is 9.78 Å². The first-order chi connectivity index (χ1) is 17.2. The maximum Gasteiger partial charge on any atom is 0.418 e. The van der Waals surface area contributed by atoms with E-state index in [0.29, 0.717) is 22.1 Å². The number of hydrogen-bond acceptors (Lipinski definition) is 4. The zero-order valence-electron chi connectivity index (χ0n) is 17.9. The van der Waals surface area contributed by atoms with Gasteiger partial charge in [0.25, 0.3) is 5.56 Å². The van der Waals surface area contributed by atoms with Crippen LogP contribution in [0.5, 0.6) is 0 Å². The Labute approximate surface area is 223 Å². The molecule has 0 fully saturated rings. The number of benzene rings is 3. The standard InChI is InChI=1S/C24H14Cl4N4O4/c25-13-8-16(27)23(17(28)9-13)32-21(33)11-20(30-32)29-18-6-5-14(10-15(18)26)31(24(34)35)22-7-12-3-1-2-4-19(12)36-22/h1-11,29-30H,(H,34,35). The van der Waals surface area contributed by atoms with Gasteiger partial charge in [-0.15, -0.1) is 0 Å². The minimum atomic E-state index is -1.25. The van der Waals surface area contributed by atoms with Gasteiger partial charge in [0.2, 0.25) is 5.88 Å². The third-order valence-corrected chi connectivity index (χ3v) is 6.34. The number of halogens is 4. The van der Waals surface area contributed by atoms with E-state index in [0.717, 1.165) is 10.3 Å². The van der Waals surface area contributed by atoms with Gasteiger partial charge in [0.05, 0.1) is 26.4 Å². The second-order valence-corrected chi connectivity index (χ2v) is 9.25. The molecule has 36 heavy (non-hydrogen) atoms. The number of nitrogens with one attached hydrogen (secondary N) is 2. The third-order valence-electron chi connectivity index (χ3n) is 5.23. The number of H-pyrrole nitrogens is 1. The topological polar surface area (TPSA) is 103 Å². The Balaban J connectivity index is 1.45. The predicted octanol–water partition coefficient (Wildman–Crippen LogP) is 8.09. The fraction of sp³-hybridized carbons (Fsp3) is 0. The average Bonchev–Trinajstić information content (AvgIpc) is 3.38. The smallest absolute Gasteiger partial charge is 0.418 e. The van der Waals surface area contributed by atoms with Crippen LogP contribution < -0.4 is 15.8 Å². The molecule has 0 radical (unpaired) electrons. The third kappa shape index (κ3) is 4.52. The highest BCUT2D eigenvalue weighted by Crippen LogP contribution is 2.36. The molecule has 0 atom stereocenters. The molecule has 2 heterocycles. The van der Waals surface area contributed by atoms with E-state index in [1.54, 1.807) is 30.3 Å². The number of hydrogen-bond donors (Lipinski definition) is 3. The van der Waals surface area contributed by atoms with Gasteiger partial charge in [-0.25, -0.2) is 14.4 Å². The van der Waals surface area contributed by atoms with E-state index in [9.17, 15) is 14.7 Å². The fourth-order valence-corrected chi connectivity index (χ4v) is 4.88. The van der Waals surface area contributed by atoms with E-state index in [-0.39, 0.29) is 32.3 Å². The van der Waals surface area contributed by atoms with E-state index in [1.807, 2.05) is 12.1 Å². The minimum Gasteiger partial charge on any atom is -0.464 e. The molecule has 0 spiro atoms. The molecule has 3 N–H and O–H groups in total. The summed E-state index contributed by atoms with van der Waals surface area (Å²) < 4.78 is 6.88. The number of aromatic amines is 1. The number of aromatic nitrogens is 2. The van der Waals surface area contributed by atoms with E-state index < -0.39 is 11.7 Å². The maximum atomic E-state index is 12.6. The second-order valence-electron chi connectivity index (χ2n) is 7.59. The molecule has 0 saturated carbocycles. The molecule has 3 aromatic carbocycles. The quantitative estimate of drug-likeness (QED) is 0.200. The van der Waals surface area contributed by atoms with Crippen molar-refractivity contribution in [3.05, 3.63) is 97.2 Å². The Kier molecular flexibility index (Phi) is 6.36. The summed E-state index contributed by atoms with van der Waals surface area (Å²) in [4.78, 5) is 25.6. The van der Waals surface area contributed by atoms with Gasteiger partial charge >= 0.3 is 6.09 Å². The average molecular weight is 564 g/mol. The molecular weight excluding hydrogens is 550 g/mol. The van der Waals surface area contributed by atoms with Gasteiger partial charge in [-0.1, -0.05) is 64.6 Å². The number of carboxylic acid groups (broad SMARTS) is 1. The van der Waals surface area contributed by atoms with Crippen molar-refractivity contribution in [2.45, 2.75) is 0 Å². The number of nitrogens with zero attached hydrogens (tertiary/aromatic N) is 2. The highest BCUT2D eigenvalue weighted by molar-refractivity contribution is 6.40. The second kappa shape index (κ2) is 9.48. The molecule has 2 aromatic heterocycles. The molecule has 0 aliphatic heterocycles. The summed E-state index contributed by atoms with van der Waals surface area (Å²) in [5.74, 6) is 0.419. The summed E-state index contributed by atoms with van der Waals surface area (Å²) in [7, 11) is 0. The van der Waals surface area contributed by atoms with Crippen LogP contribution in [0.25, 0.3) is 16.7 Å². The number of anilines is 4. The van der Waals surface area contributed by atoms with Gasteiger partial charge in [-0.05, 0) is 36.4 Å². The van der Waals surface area contributed by atoms with Crippen molar-refractivity contribution in [3.8, 4) is 5.69 Å². The highest BCUT2D eigenvalue weighted by atomic mass is 35.5. The molecular formula is C24H14Cl4N4O4. The first-order valence-electron chi connectivity index (χ1n) is 10.3. The van der Waals surface area contributed by atoms with Crippen LogP contribution in [-0.4, -0.2) is 21.0 Å². The van der Waals surface area contributed by atoms with Gasteiger partial charge < -0.3 is 14.8 Å². The monoisotopic (exact) mass is 562 g/mol. The van der Waals surface area contributed by atoms with Crippen LogP contribution >= 0.6 is 46.4 Å². The number of amides is 1. The van der Waals surface area contributed by atoms with E-state index >= 15 is 0 Å². The van der Waals surface area contributed by atoms with E-state index in [4.69, 9.17) is 50.8 Å². The normalized spacial score (nSPS) is 11.1. The number of furan rings is 1. The molecule has 0 aliphatic rings. The van der Waals surface area contributed by atoms with Crippen LogP contribution in [0.15, 0.2) is 75.9 Å². The van der Waals surface area contributed by atoms with Crippen molar-refractivity contribution < 1.29 is 14.3 Å². The lowest BCUT2D eigenvalue weighted by atomic mass is 10.2. The van der Waals surface area contributed by atoms with Crippen LogP contribution in [0.1, 0.15) is 0 Å². The van der Waals surface area contributed by atoms with Gasteiger partial charge in [0.1, 0.15) is 17.1 Å². The Morgan fingerprint density at radius 1 is 0.944 bits per heavy atom. The zero-order valence-corrected chi connectivity index (χ0v) is 21.0. The largest absolute Gasteiger partial charge is 0.464 e. The van der Waals surface area contributed by atoms with Gasteiger partial charge in [-0.2, -0.15) is 0 Å². The lowest BCUT2D eigenvalue weighted by molar-refractivity contribution is 0.204. The summed E-state index contributed by atoms with van der Waals surface area (Å²) in [6.07, 6.45) is -1.25. The van der Waals surface area contributed by atoms with Crippen molar-refractivity contribution in [1.29, 1.82) is 0 Å². The van der Waals surface area contributed by atoms with Crippen LogP contribution in [0.2, 0.25) is 20.1 Å². The first kappa shape index (κ1) is 24.1.